The van der Waals surface area contributed by atoms with Gasteiger partial charge in [0.05, 0.1) is 17.5 Å². The summed E-state index contributed by atoms with van der Waals surface area (Å²) >= 11 is 1.41. The number of hydrogen-bond acceptors (Lipinski definition) is 5. The molecule has 32 heavy (non-hydrogen) atoms. The van der Waals surface area contributed by atoms with Crippen molar-refractivity contribution >= 4 is 38.4 Å². The van der Waals surface area contributed by atoms with Crippen LogP contribution in [-0.4, -0.2) is 42.3 Å². The monoisotopic (exact) mass is 472 g/mol. The molecule has 8 heteroatoms. The van der Waals surface area contributed by atoms with Crippen LogP contribution in [0, 0.1) is 5.92 Å². The van der Waals surface area contributed by atoms with Crippen molar-refractivity contribution in [2.45, 2.75) is 44.6 Å². The number of fused-ring (bicyclic) bond motifs is 1. The average molecular weight is 473 g/mol. The van der Waals surface area contributed by atoms with Crippen molar-refractivity contribution < 1.29 is 17.9 Å². The number of benzene rings is 2. The van der Waals surface area contributed by atoms with Crippen molar-refractivity contribution in [3.63, 3.8) is 0 Å². The fourth-order valence-corrected chi connectivity index (χ4v) is 8.05. The number of thioether (sulfide) groups is 1. The smallest absolute Gasteiger partial charge is 0.251 e. The standard InChI is InChI=1S/C24H28N2O4S2/c1-3-18(4-2)23(27)25-24-26(21-15-32(28,29)16-22(21)31-24)19-10-12-20(13-11-19)30-14-17-8-6-5-7-9-17/h5-13,18,21-22H,3-4,14-16H2,1-2H3/t21-,22+/m0/s1. The van der Waals surface area contributed by atoms with Crippen LogP contribution in [0.5, 0.6) is 5.75 Å². The lowest BCUT2D eigenvalue weighted by Crippen LogP contribution is -2.37. The molecule has 2 aromatic carbocycles. The van der Waals surface area contributed by atoms with Gasteiger partial charge in [0.2, 0.25) is 0 Å². The second-order valence-corrected chi connectivity index (χ2v) is 11.5. The molecule has 0 bridgehead atoms. The Kier molecular flexibility index (Phi) is 6.90. The summed E-state index contributed by atoms with van der Waals surface area (Å²) in [7, 11) is -3.10. The largest absolute Gasteiger partial charge is 0.489 e. The van der Waals surface area contributed by atoms with E-state index in [0.717, 1.165) is 29.8 Å². The number of sulfone groups is 1. The number of hydrogen-bond donors (Lipinski definition) is 0. The third-order valence-corrected chi connectivity index (χ3v) is 9.18. The van der Waals surface area contributed by atoms with Crippen LogP contribution < -0.4 is 9.64 Å². The molecule has 0 unspecified atom stereocenters. The summed E-state index contributed by atoms with van der Waals surface area (Å²) in [5.74, 6) is 0.687. The Morgan fingerprint density at radius 2 is 1.78 bits per heavy atom. The van der Waals surface area contributed by atoms with E-state index in [2.05, 4.69) is 4.99 Å². The SMILES string of the molecule is CCC(CC)C(=O)N=C1S[C@@H]2CS(=O)(=O)C[C@@H]2N1c1ccc(OCc2ccccc2)cc1. The summed E-state index contributed by atoms with van der Waals surface area (Å²) in [6.45, 7) is 4.45. The minimum atomic E-state index is -3.10. The summed E-state index contributed by atoms with van der Waals surface area (Å²) in [5.41, 5.74) is 1.91. The molecule has 0 N–H and O–H groups in total. The maximum absolute atomic E-state index is 12.7. The molecule has 2 aliphatic rings. The van der Waals surface area contributed by atoms with Crippen molar-refractivity contribution in [1.29, 1.82) is 0 Å². The minimum absolute atomic E-state index is 0.0785. The summed E-state index contributed by atoms with van der Waals surface area (Å²) < 4.78 is 30.4. The Morgan fingerprint density at radius 1 is 1.09 bits per heavy atom. The van der Waals surface area contributed by atoms with E-state index < -0.39 is 9.84 Å². The van der Waals surface area contributed by atoms with Crippen LogP contribution in [0.2, 0.25) is 0 Å². The van der Waals surface area contributed by atoms with Crippen LogP contribution in [0.15, 0.2) is 59.6 Å². The summed E-state index contributed by atoms with van der Waals surface area (Å²) in [6, 6.07) is 17.3. The van der Waals surface area contributed by atoms with Gasteiger partial charge < -0.3 is 9.64 Å². The normalized spacial score (nSPS) is 23.0. The highest BCUT2D eigenvalue weighted by Gasteiger charge is 2.49. The van der Waals surface area contributed by atoms with Crippen molar-refractivity contribution in [3.05, 3.63) is 60.2 Å². The van der Waals surface area contributed by atoms with E-state index in [9.17, 15) is 13.2 Å². The maximum Gasteiger partial charge on any atom is 0.251 e. The van der Waals surface area contributed by atoms with Crippen molar-refractivity contribution in [2.75, 3.05) is 16.4 Å². The highest BCUT2D eigenvalue weighted by atomic mass is 32.2. The Labute approximate surface area is 194 Å². The zero-order valence-electron chi connectivity index (χ0n) is 18.3. The number of amidine groups is 1. The molecule has 2 fully saturated rings. The van der Waals surface area contributed by atoms with Crippen LogP contribution in [0.1, 0.15) is 32.3 Å². The van der Waals surface area contributed by atoms with E-state index in [1.807, 2.05) is 73.3 Å². The molecule has 2 atom stereocenters. The molecule has 1 amide bonds. The number of carbonyl (C=O) groups is 1. The second kappa shape index (κ2) is 9.67. The van der Waals surface area contributed by atoms with E-state index in [0.29, 0.717) is 11.8 Å². The zero-order chi connectivity index (χ0) is 22.7. The van der Waals surface area contributed by atoms with E-state index in [-0.39, 0.29) is 34.6 Å². The van der Waals surface area contributed by atoms with Gasteiger partial charge in [0, 0.05) is 16.9 Å². The fourth-order valence-electron chi connectivity index (χ4n) is 4.13. The van der Waals surface area contributed by atoms with Crippen LogP contribution in [-0.2, 0) is 21.2 Å². The third-order valence-electron chi connectivity index (χ3n) is 5.97. The molecule has 2 heterocycles. The van der Waals surface area contributed by atoms with Crippen molar-refractivity contribution in [1.82, 2.24) is 0 Å². The number of anilines is 1. The Hall–Kier alpha value is -2.32. The number of rotatable bonds is 7. The molecule has 0 saturated carbocycles. The number of amides is 1. The number of ether oxygens (including phenoxy) is 1. The van der Waals surface area contributed by atoms with E-state index in [1.165, 1.54) is 11.8 Å². The first-order chi connectivity index (χ1) is 15.4. The van der Waals surface area contributed by atoms with Crippen LogP contribution in [0.4, 0.5) is 5.69 Å². The number of carbonyl (C=O) groups excluding carboxylic acids is 1. The average Bonchev–Trinajstić information content (AvgIpc) is 3.25. The second-order valence-electron chi connectivity index (χ2n) is 8.18. The first kappa shape index (κ1) is 22.9. The van der Waals surface area contributed by atoms with Crippen molar-refractivity contribution in [3.8, 4) is 5.75 Å². The number of aliphatic imine (C=N–C) groups is 1. The molecule has 2 aromatic rings. The fraction of sp³-hybridized carbons (Fsp3) is 0.417. The van der Waals surface area contributed by atoms with Gasteiger partial charge in [-0.3, -0.25) is 4.79 Å². The molecule has 0 radical (unpaired) electrons. The van der Waals surface area contributed by atoms with Gasteiger partial charge in [0.25, 0.3) is 5.91 Å². The zero-order valence-corrected chi connectivity index (χ0v) is 19.9. The quantitative estimate of drug-likeness (QED) is 0.598. The van der Waals surface area contributed by atoms with Crippen LogP contribution in [0.25, 0.3) is 0 Å². The maximum atomic E-state index is 12.7. The Balaban J connectivity index is 1.56. The van der Waals surface area contributed by atoms with Gasteiger partial charge in [-0.1, -0.05) is 55.9 Å². The molecule has 170 valence electrons. The molecule has 4 rings (SSSR count). The van der Waals surface area contributed by atoms with Gasteiger partial charge >= 0.3 is 0 Å². The molecular weight excluding hydrogens is 444 g/mol. The van der Waals surface area contributed by atoms with Gasteiger partial charge in [-0.25, -0.2) is 8.42 Å². The predicted octanol–water partition coefficient (Wildman–Crippen LogP) is 4.30. The van der Waals surface area contributed by atoms with Gasteiger partial charge in [0.15, 0.2) is 15.0 Å². The highest BCUT2D eigenvalue weighted by Crippen LogP contribution is 2.41. The van der Waals surface area contributed by atoms with Crippen LogP contribution >= 0.6 is 11.8 Å². The Morgan fingerprint density at radius 3 is 2.44 bits per heavy atom. The summed E-state index contributed by atoms with van der Waals surface area (Å²) in [5, 5.41) is 0.493. The molecule has 2 saturated heterocycles. The van der Waals surface area contributed by atoms with E-state index in [1.54, 1.807) is 0 Å². The first-order valence-corrected chi connectivity index (χ1v) is 13.7. The predicted molar refractivity (Wildman–Crippen MR) is 130 cm³/mol. The van der Waals surface area contributed by atoms with Crippen LogP contribution in [0.3, 0.4) is 0 Å². The molecule has 2 aliphatic heterocycles. The lowest BCUT2D eigenvalue weighted by Gasteiger charge is -2.25. The number of nitrogens with zero attached hydrogens (tertiary/aromatic N) is 2. The first-order valence-electron chi connectivity index (χ1n) is 11.0. The van der Waals surface area contributed by atoms with E-state index in [4.69, 9.17) is 4.74 Å². The van der Waals surface area contributed by atoms with E-state index >= 15 is 0 Å². The molecule has 0 spiro atoms. The van der Waals surface area contributed by atoms with Gasteiger partial charge in [-0.05, 0) is 42.7 Å². The molecule has 6 nitrogen and oxygen atoms in total. The lowest BCUT2D eigenvalue weighted by molar-refractivity contribution is -0.121. The molecule has 0 aliphatic carbocycles. The minimum Gasteiger partial charge on any atom is -0.489 e. The van der Waals surface area contributed by atoms with Gasteiger partial charge in [-0.2, -0.15) is 4.99 Å². The van der Waals surface area contributed by atoms with Gasteiger partial charge in [-0.15, -0.1) is 0 Å². The third kappa shape index (κ3) is 5.02. The van der Waals surface area contributed by atoms with Crippen molar-refractivity contribution in [2.24, 2.45) is 10.9 Å². The molecular formula is C24H28N2O4S2. The summed E-state index contributed by atoms with van der Waals surface area (Å²) in [4.78, 5) is 19.1. The van der Waals surface area contributed by atoms with Gasteiger partial charge in [0.1, 0.15) is 12.4 Å². The summed E-state index contributed by atoms with van der Waals surface area (Å²) in [6.07, 6.45) is 1.48. The lowest BCUT2D eigenvalue weighted by atomic mass is 10.0. The molecule has 0 aromatic heterocycles. The topological polar surface area (TPSA) is 76.0 Å². The highest BCUT2D eigenvalue weighted by molar-refractivity contribution is 8.16. The Bertz CT molecular complexity index is 1080.